The van der Waals surface area contributed by atoms with Gasteiger partial charge in [0.1, 0.15) is 0 Å². The van der Waals surface area contributed by atoms with Gasteiger partial charge in [0.25, 0.3) is 0 Å². The number of esters is 1. The van der Waals surface area contributed by atoms with Crippen LogP contribution in [0.4, 0.5) is 0 Å². The number of nitrogens with one attached hydrogen (secondary N) is 1. The van der Waals surface area contributed by atoms with Crippen molar-refractivity contribution in [1.82, 2.24) is 5.32 Å². The molecule has 0 spiro atoms. The van der Waals surface area contributed by atoms with Crippen LogP contribution in [0.1, 0.15) is 245 Å². The summed E-state index contributed by atoms with van der Waals surface area (Å²) in [5.41, 5.74) is 0. The lowest BCUT2D eigenvalue weighted by molar-refractivity contribution is -0.143. The molecule has 2 unspecified atom stereocenters. The summed E-state index contributed by atoms with van der Waals surface area (Å²) in [6, 6.07) is -0.649. The van der Waals surface area contributed by atoms with Crippen molar-refractivity contribution >= 4 is 11.9 Å². The summed E-state index contributed by atoms with van der Waals surface area (Å²) in [7, 11) is 0. The van der Waals surface area contributed by atoms with Crippen LogP contribution in [-0.2, 0) is 14.3 Å². The van der Waals surface area contributed by atoms with Crippen molar-refractivity contribution in [2.24, 2.45) is 0 Å². The summed E-state index contributed by atoms with van der Waals surface area (Å²) in [6.07, 6.45) is 54.1. The largest absolute Gasteiger partial charge is 0.466 e. The second kappa shape index (κ2) is 45.8. The summed E-state index contributed by atoms with van der Waals surface area (Å²) >= 11 is 0. The highest BCUT2D eigenvalue weighted by molar-refractivity contribution is 5.76. The summed E-state index contributed by atoms with van der Waals surface area (Å²) < 4.78 is 5.44. The summed E-state index contributed by atoms with van der Waals surface area (Å²) in [5, 5.41) is 23.0. The Balaban J connectivity index is 3.55. The SMILES string of the molecule is CCCCC/C=C\C/C=C\CCCCCCCC(=O)OCCCCCCCCCCCC(=O)NC(CO)C(O)/C=C/CCCCCCCCCCCCCCC. The fourth-order valence-electron chi connectivity index (χ4n) is 7.13. The molecule has 0 fully saturated rings. The third-order valence-corrected chi connectivity index (χ3v) is 10.9. The van der Waals surface area contributed by atoms with Crippen molar-refractivity contribution in [1.29, 1.82) is 0 Å². The molecule has 0 aliphatic carbocycles. The zero-order valence-electron chi connectivity index (χ0n) is 37.1. The van der Waals surface area contributed by atoms with E-state index in [0.29, 0.717) is 19.4 Å². The summed E-state index contributed by atoms with van der Waals surface area (Å²) in [4.78, 5) is 24.4. The minimum atomic E-state index is -0.862. The topological polar surface area (TPSA) is 95.9 Å². The zero-order valence-corrected chi connectivity index (χ0v) is 37.1. The van der Waals surface area contributed by atoms with Crippen LogP contribution in [0.15, 0.2) is 36.5 Å². The van der Waals surface area contributed by atoms with E-state index < -0.39 is 12.1 Å². The predicted molar refractivity (Wildman–Crippen MR) is 241 cm³/mol. The van der Waals surface area contributed by atoms with E-state index in [0.717, 1.165) is 70.6 Å². The maximum Gasteiger partial charge on any atom is 0.305 e. The Morgan fingerprint density at radius 3 is 1.39 bits per heavy atom. The molecule has 0 aromatic rings. The van der Waals surface area contributed by atoms with Crippen LogP contribution >= 0.6 is 0 Å². The lowest BCUT2D eigenvalue weighted by Gasteiger charge is -2.20. The van der Waals surface area contributed by atoms with Gasteiger partial charge in [-0.15, -0.1) is 0 Å². The molecule has 0 aliphatic rings. The van der Waals surface area contributed by atoms with Gasteiger partial charge < -0.3 is 20.3 Å². The third kappa shape index (κ3) is 41.7. The Kier molecular flexibility index (Phi) is 44.2. The Bertz CT molecular complexity index is 915. The van der Waals surface area contributed by atoms with Crippen LogP contribution in [0.5, 0.6) is 0 Å². The molecule has 328 valence electrons. The maximum atomic E-state index is 12.4. The van der Waals surface area contributed by atoms with Crippen molar-refractivity contribution in [2.45, 2.75) is 257 Å². The molecule has 0 radical (unpaired) electrons. The van der Waals surface area contributed by atoms with E-state index in [-0.39, 0.29) is 18.5 Å². The van der Waals surface area contributed by atoms with Gasteiger partial charge in [-0.2, -0.15) is 0 Å². The van der Waals surface area contributed by atoms with Crippen LogP contribution in [0.25, 0.3) is 0 Å². The molecule has 0 aromatic heterocycles. The van der Waals surface area contributed by atoms with E-state index >= 15 is 0 Å². The Hall–Kier alpha value is -1.92. The Morgan fingerprint density at radius 2 is 0.893 bits per heavy atom. The average molecular weight is 788 g/mol. The molecule has 0 aliphatic heterocycles. The zero-order chi connectivity index (χ0) is 40.8. The van der Waals surface area contributed by atoms with E-state index in [1.165, 1.54) is 148 Å². The number of carbonyl (C=O) groups is 2. The molecule has 0 heterocycles. The highest BCUT2D eigenvalue weighted by Gasteiger charge is 2.18. The minimum Gasteiger partial charge on any atom is -0.466 e. The maximum absolute atomic E-state index is 12.4. The smallest absolute Gasteiger partial charge is 0.305 e. The lowest BCUT2D eigenvalue weighted by Crippen LogP contribution is -2.45. The number of rotatable bonds is 44. The van der Waals surface area contributed by atoms with Gasteiger partial charge in [0.05, 0.1) is 25.4 Å². The van der Waals surface area contributed by atoms with Gasteiger partial charge in [0.15, 0.2) is 0 Å². The van der Waals surface area contributed by atoms with E-state index in [9.17, 15) is 19.8 Å². The first-order valence-corrected chi connectivity index (χ1v) is 24.3. The molecule has 3 N–H and O–H groups in total. The molecule has 0 aromatic carbocycles. The lowest BCUT2D eigenvalue weighted by atomic mass is 10.0. The number of carbonyl (C=O) groups excluding carboxylic acids is 2. The van der Waals surface area contributed by atoms with Crippen LogP contribution in [0.2, 0.25) is 0 Å². The van der Waals surface area contributed by atoms with Crippen molar-refractivity contribution in [3.05, 3.63) is 36.5 Å². The molecule has 56 heavy (non-hydrogen) atoms. The van der Waals surface area contributed by atoms with Gasteiger partial charge in [0, 0.05) is 12.8 Å². The number of aliphatic hydroxyl groups is 2. The molecule has 0 saturated heterocycles. The average Bonchev–Trinajstić information content (AvgIpc) is 3.20. The van der Waals surface area contributed by atoms with Crippen LogP contribution in [0, 0.1) is 0 Å². The second-order valence-electron chi connectivity index (χ2n) is 16.4. The number of unbranched alkanes of at least 4 members (excludes halogenated alkanes) is 29. The standard InChI is InChI=1S/C50H93NO5/c1-3-5-7-9-11-13-15-17-19-21-23-26-30-34-38-42-48(53)47(46-52)51-49(54)43-39-35-31-27-25-29-33-37-41-45-56-50(55)44-40-36-32-28-24-22-20-18-16-14-12-10-8-6-4-2/h12,14,18,20,38,42,47-48,52-53H,3-11,13,15-17,19,21-37,39-41,43-46H2,1-2H3,(H,51,54)/b14-12-,20-18-,42-38+. The predicted octanol–water partition coefficient (Wildman–Crippen LogP) is 14.1. The Morgan fingerprint density at radius 1 is 0.500 bits per heavy atom. The van der Waals surface area contributed by atoms with E-state index in [2.05, 4.69) is 43.5 Å². The van der Waals surface area contributed by atoms with Gasteiger partial charge in [-0.3, -0.25) is 9.59 Å². The van der Waals surface area contributed by atoms with Crippen molar-refractivity contribution in [3.8, 4) is 0 Å². The van der Waals surface area contributed by atoms with Crippen LogP contribution in [0.3, 0.4) is 0 Å². The minimum absolute atomic E-state index is 0.0420. The molecule has 6 heteroatoms. The first-order valence-electron chi connectivity index (χ1n) is 24.3. The van der Waals surface area contributed by atoms with Crippen LogP contribution in [-0.4, -0.2) is 47.4 Å². The molecule has 1 amide bonds. The first-order chi connectivity index (χ1) is 27.5. The number of hydrogen-bond acceptors (Lipinski definition) is 5. The van der Waals surface area contributed by atoms with Crippen molar-refractivity contribution < 1.29 is 24.5 Å². The van der Waals surface area contributed by atoms with E-state index in [1.54, 1.807) is 6.08 Å². The van der Waals surface area contributed by atoms with Gasteiger partial charge in [-0.25, -0.2) is 0 Å². The number of allylic oxidation sites excluding steroid dienone is 5. The molecule has 0 bridgehead atoms. The highest BCUT2D eigenvalue weighted by Crippen LogP contribution is 2.15. The fourth-order valence-corrected chi connectivity index (χ4v) is 7.13. The number of hydrogen-bond donors (Lipinski definition) is 3. The molecule has 6 nitrogen and oxygen atoms in total. The summed E-state index contributed by atoms with van der Waals surface area (Å²) in [6.45, 7) is 4.79. The monoisotopic (exact) mass is 788 g/mol. The van der Waals surface area contributed by atoms with Gasteiger partial charge in [0.2, 0.25) is 5.91 Å². The quantitative estimate of drug-likeness (QED) is 0.0325. The van der Waals surface area contributed by atoms with Crippen molar-refractivity contribution in [2.75, 3.05) is 13.2 Å². The van der Waals surface area contributed by atoms with Gasteiger partial charge in [-0.1, -0.05) is 204 Å². The molecular weight excluding hydrogens is 695 g/mol. The van der Waals surface area contributed by atoms with Crippen LogP contribution < -0.4 is 5.32 Å². The number of aliphatic hydroxyl groups excluding tert-OH is 2. The number of amides is 1. The number of ether oxygens (including phenoxy) is 1. The third-order valence-electron chi connectivity index (χ3n) is 10.9. The van der Waals surface area contributed by atoms with E-state index in [4.69, 9.17) is 4.74 Å². The first kappa shape index (κ1) is 54.1. The Labute approximate surface area is 347 Å². The highest BCUT2D eigenvalue weighted by atomic mass is 16.5. The van der Waals surface area contributed by atoms with Gasteiger partial charge >= 0.3 is 5.97 Å². The van der Waals surface area contributed by atoms with Gasteiger partial charge in [-0.05, 0) is 64.2 Å². The second-order valence-corrected chi connectivity index (χ2v) is 16.4. The van der Waals surface area contributed by atoms with E-state index in [1.807, 2.05) is 6.08 Å². The fraction of sp³-hybridized carbons (Fsp3) is 0.840. The van der Waals surface area contributed by atoms with Crippen molar-refractivity contribution in [3.63, 3.8) is 0 Å². The molecule has 0 rings (SSSR count). The summed E-state index contributed by atoms with van der Waals surface area (Å²) in [5.74, 6) is -0.139. The normalized spacial score (nSPS) is 13.0. The molecule has 0 saturated carbocycles. The molecular formula is C50H93NO5. The molecule has 2 atom stereocenters.